The zero-order valence-electron chi connectivity index (χ0n) is 60.5. The lowest BCUT2D eigenvalue weighted by Gasteiger charge is -2.30. The lowest BCUT2D eigenvalue weighted by atomic mass is 10.0. The lowest BCUT2D eigenvalue weighted by Crippen LogP contribution is -2.47. The van der Waals surface area contributed by atoms with E-state index in [2.05, 4.69) is 111 Å². The first-order valence-electron chi connectivity index (χ1n) is 38.5. The predicted octanol–water partition coefficient (Wildman–Crippen LogP) is 24.4. The second-order valence-electron chi connectivity index (χ2n) is 27.1. The van der Waals surface area contributed by atoms with Crippen LogP contribution in [0.3, 0.4) is 0 Å². The van der Waals surface area contributed by atoms with E-state index in [-0.39, 0.29) is 24.9 Å². The molecule has 0 aliphatic heterocycles. The summed E-state index contributed by atoms with van der Waals surface area (Å²) in [6.45, 7) is 6.75. The molecule has 3 unspecified atom stereocenters. The molecule has 0 saturated heterocycles. The van der Waals surface area contributed by atoms with E-state index in [1.165, 1.54) is 225 Å². The zero-order chi connectivity index (χ0) is 66.3. The van der Waals surface area contributed by atoms with Gasteiger partial charge in [-0.2, -0.15) is 0 Å². The highest BCUT2D eigenvalue weighted by Crippen LogP contribution is 2.38. The van der Waals surface area contributed by atoms with Crippen LogP contribution < -0.4 is 10.2 Å². The minimum atomic E-state index is -4.71. The van der Waals surface area contributed by atoms with Crippen LogP contribution in [0, 0.1) is 0 Å². The van der Waals surface area contributed by atoms with E-state index in [0.29, 0.717) is 17.4 Å². The van der Waals surface area contributed by atoms with Crippen molar-refractivity contribution < 1.29 is 37.3 Å². The number of hydrogen-bond acceptors (Lipinski definition) is 7. The normalized spacial score (nSPS) is 14.0. The summed E-state index contributed by atoms with van der Waals surface area (Å²) >= 11 is 0. The van der Waals surface area contributed by atoms with Gasteiger partial charge < -0.3 is 28.5 Å². The molecule has 0 radical (unpaired) electrons. The fourth-order valence-corrected chi connectivity index (χ4v) is 11.8. The van der Waals surface area contributed by atoms with Crippen molar-refractivity contribution in [3.63, 3.8) is 0 Å². The van der Waals surface area contributed by atoms with Gasteiger partial charge in [0.1, 0.15) is 19.3 Å². The Morgan fingerprint density at radius 3 is 1.08 bits per heavy atom. The molecule has 9 nitrogen and oxygen atoms in total. The van der Waals surface area contributed by atoms with Gasteiger partial charge in [0.25, 0.3) is 7.82 Å². The number of rotatable bonds is 70. The summed E-state index contributed by atoms with van der Waals surface area (Å²) in [6, 6.07) is -0.895. The van der Waals surface area contributed by atoms with Crippen LogP contribution in [0.25, 0.3) is 0 Å². The molecule has 0 saturated carbocycles. The van der Waals surface area contributed by atoms with Crippen molar-refractivity contribution in [2.24, 2.45) is 0 Å². The maximum absolute atomic E-state index is 13.6. The van der Waals surface area contributed by atoms with Gasteiger partial charge in [-0.3, -0.25) is 14.2 Å². The summed E-state index contributed by atoms with van der Waals surface area (Å²) in [5.74, 6) is -0.534. The number of ether oxygens (including phenoxy) is 1. The van der Waals surface area contributed by atoms with Gasteiger partial charge in [-0.1, -0.05) is 330 Å². The Hall–Kier alpha value is -3.07. The van der Waals surface area contributed by atoms with Gasteiger partial charge in [0.2, 0.25) is 5.91 Å². The van der Waals surface area contributed by atoms with E-state index in [9.17, 15) is 19.0 Å². The molecule has 0 spiro atoms. The van der Waals surface area contributed by atoms with Crippen molar-refractivity contribution in [1.82, 2.24) is 5.32 Å². The number of likely N-dealkylation sites (N-methyl/N-ethyl adjacent to an activating group) is 1. The van der Waals surface area contributed by atoms with E-state index < -0.39 is 26.6 Å². The van der Waals surface area contributed by atoms with Crippen LogP contribution in [0.5, 0.6) is 0 Å². The average molecular weight is 1290 g/mol. The highest BCUT2D eigenvalue weighted by atomic mass is 31.2. The zero-order valence-corrected chi connectivity index (χ0v) is 61.4. The minimum absolute atomic E-state index is 0.0248. The molecule has 91 heavy (non-hydrogen) atoms. The summed E-state index contributed by atoms with van der Waals surface area (Å²) in [5, 5.41) is 3.05. The molecular formula is C81H147N2O7P. The fourth-order valence-electron chi connectivity index (χ4n) is 11.1. The van der Waals surface area contributed by atoms with Crippen molar-refractivity contribution in [2.45, 2.75) is 367 Å². The molecule has 0 bridgehead atoms. The molecule has 0 aromatic carbocycles. The molecule has 528 valence electrons. The van der Waals surface area contributed by atoms with Crippen LogP contribution in [0.15, 0.2) is 97.2 Å². The fraction of sp³-hybridized carbons (Fsp3) is 0.778. The van der Waals surface area contributed by atoms with Crippen molar-refractivity contribution >= 4 is 19.7 Å². The van der Waals surface area contributed by atoms with Crippen LogP contribution in [0.4, 0.5) is 0 Å². The lowest BCUT2D eigenvalue weighted by molar-refractivity contribution is -0.870. The maximum Gasteiger partial charge on any atom is 0.306 e. The van der Waals surface area contributed by atoms with Gasteiger partial charge in [0.15, 0.2) is 0 Å². The number of allylic oxidation sites excluding steroid dienone is 15. The Balaban J connectivity index is 5.01. The van der Waals surface area contributed by atoms with Gasteiger partial charge >= 0.3 is 5.97 Å². The van der Waals surface area contributed by atoms with Crippen molar-refractivity contribution in [2.75, 3.05) is 40.9 Å². The topological polar surface area (TPSA) is 114 Å². The molecule has 0 aliphatic rings. The number of hydrogen-bond donors (Lipinski definition) is 1. The first-order valence-corrected chi connectivity index (χ1v) is 40.0. The number of esters is 1. The van der Waals surface area contributed by atoms with Crippen LogP contribution >= 0.6 is 7.82 Å². The Morgan fingerprint density at radius 1 is 0.396 bits per heavy atom. The van der Waals surface area contributed by atoms with E-state index >= 15 is 0 Å². The second kappa shape index (κ2) is 69.8. The van der Waals surface area contributed by atoms with E-state index in [1.807, 2.05) is 33.3 Å². The number of unbranched alkanes of at least 4 members (excludes halogenated alkanes) is 40. The third kappa shape index (κ3) is 71.1. The average Bonchev–Trinajstić information content (AvgIpc) is 3.73. The van der Waals surface area contributed by atoms with Gasteiger partial charge in [-0.15, -0.1) is 0 Å². The van der Waals surface area contributed by atoms with Crippen molar-refractivity contribution in [3.05, 3.63) is 97.2 Å². The summed E-state index contributed by atoms with van der Waals surface area (Å²) < 4.78 is 30.5. The molecule has 0 fully saturated rings. The SMILES string of the molecule is CC/C=C\C/C=C\C/C=C\C/C=C\C/C=C\CCCCCCCCCCCCCC(=O)OC(/C=C/CCCCCCCCCCCCC)C(COP(=O)([O-])OCC[N+](C)(C)C)NC(=O)CCCCCCCCCCCCCCCCC/C=C\C/C=C\CCCCC. The van der Waals surface area contributed by atoms with Crippen LogP contribution in [0.2, 0.25) is 0 Å². The molecule has 1 N–H and O–H groups in total. The van der Waals surface area contributed by atoms with Gasteiger partial charge in [0.05, 0.1) is 33.8 Å². The Labute approximate surface area is 564 Å². The standard InChI is InChI=1S/C81H147N2O7P/c1-7-10-13-16-19-22-25-28-30-32-34-36-38-40-41-43-45-47-49-51-53-56-59-62-65-68-71-74-81(85)90-79(72-69-66-63-60-57-54-27-24-21-18-15-12-9-3)78(77-89-91(86,87)88-76-75-83(4,5)6)82-80(84)73-70-67-64-61-58-55-52-50-48-46-44-42-39-37-35-33-31-29-26-23-20-17-14-11-8-2/h10,13,19-20,22-23,28-31,34,36,40-41,69,72,78-79H,7-9,11-12,14-18,21,24-27,32-33,35,37-39,42-68,70-71,73-77H2,1-6H3,(H-,82,84,86,87)/b13-10-,22-19-,23-20-,30-28-,31-29-,36-34-,41-40-,72-69+. The summed E-state index contributed by atoms with van der Waals surface area (Å²) in [6.07, 6.45) is 95.4. The number of phosphoric ester groups is 1. The van der Waals surface area contributed by atoms with Crippen molar-refractivity contribution in [3.8, 4) is 0 Å². The van der Waals surface area contributed by atoms with Gasteiger partial charge in [0, 0.05) is 12.8 Å². The quantitative estimate of drug-likeness (QED) is 0.0212. The monoisotopic (exact) mass is 1290 g/mol. The molecule has 3 atom stereocenters. The minimum Gasteiger partial charge on any atom is -0.756 e. The Bertz CT molecular complexity index is 1880. The highest BCUT2D eigenvalue weighted by molar-refractivity contribution is 7.45. The summed E-state index contributed by atoms with van der Waals surface area (Å²) in [4.78, 5) is 40.3. The molecular weight excluding hydrogens is 1140 g/mol. The Kier molecular flexibility index (Phi) is 67.4. The Morgan fingerprint density at radius 2 is 0.703 bits per heavy atom. The highest BCUT2D eigenvalue weighted by Gasteiger charge is 2.27. The molecule has 0 aromatic rings. The number of amides is 1. The third-order valence-electron chi connectivity index (χ3n) is 17.0. The van der Waals surface area contributed by atoms with E-state index in [4.69, 9.17) is 13.8 Å². The smallest absolute Gasteiger partial charge is 0.306 e. The summed E-state index contributed by atoms with van der Waals surface area (Å²) in [5.41, 5.74) is 0. The number of phosphoric acid groups is 1. The number of nitrogens with zero attached hydrogens (tertiary/aromatic N) is 1. The second-order valence-corrected chi connectivity index (χ2v) is 28.5. The summed E-state index contributed by atoms with van der Waals surface area (Å²) in [7, 11) is 1.19. The van der Waals surface area contributed by atoms with Gasteiger partial charge in [-0.25, -0.2) is 0 Å². The number of carbonyl (C=O) groups excluding carboxylic acids is 2. The van der Waals surface area contributed by atoms with Gasteiger partial charge in [-0.05, 0) is 109 Å². The molecule has 0 aliphatic carbocycles. The molecule has 0 aromatic heterocycles. The van der Waals surface area contributed by atoms with E-state index in [0.717, 1.165) is 96.3 Å². The maximum atomic E-state index is 13.6. The van der Waals surface area contributed by atoms with Crippen molar-refractivity contribution in [1.29, 1.82) is 0 Å². The largest absolute Gasteiger partial charge is 0.756 e. The first-order chi connectivity index (χ1) is 44.4. The molecule has 10 heteroatoms. The molecule has 0 rings (SSSR count). The number of nitrogens with one attached hydrogen (secondary N) is 1. The first kappa shape index (κ1) is 87.9. The number of carbonyl (C=O) groups is 2. The molecule has 0 heterocycles. The predicted molar refractivity (Wildman–Crippen MR) is 394 cm³/mol. The third-order valence-corrected chi connectivity index (χ3v) is 18.0. The molecule has 1 amide bonds. The van der Waals surface area contributed by atoms with E-state index in [1.54, 1.807) is 0 Å². The van der Waals surface area contributed by atoms with Crippen LogP contribution in [-0.4, -0.2) is 69.4 Å². The number of quaternary nitrogens is 1. The van der Waals surface area contributed by atoms with Crippen LogP contribution in [0.1, 0.15) is 355 Å². The van der Waals surface area contributed by atoms with Crippen LogP contribution in [-0.2, 0) is 27.9 Å².